The number of ether oxygens (including phenoxy) is 2. The summed E-state index contributed by atoms with van der Waals surface area (Å²) in [6, 6.07) is 2.56. The lowest BCUT2D eigenvalue weighted by Gasteiger charge is -2.19. The number of carbonyl (C=O) groups is 1. The van der Waals surface area contributed by atoms with Crippen LogP contribution in [0.4, 0.5) is 4.39 Å². The van der Waals surface area contributed by atoms with Gasteiger partial charge in [-0.1, -0.05) is 16.8 Å². The molecule has 2 aliphatic heterocycles. The van der Waals surface area contributed by atoms with Gasteiger partial charge in [0.25, 0.3) is 5.17 Å². The molecule has 0 amide bonds. The van der Waals surface area contributed by atoms with Gasteiger partial charge in [0, 0.05) is 25.1 Å². The predicted octanol–water partition coefficient (Wildman–Crippen LogP) is 3.29. The monoisotopic (exact) mass is 400 g/mol. The van der Waals surface area contributed by atoms with Gasteiger partial charge in [0.2, 0.25) is 5.60 Å². The molecule has 0 N–H and O–H groups in total. The highest BCUT2D eigenvalue weighted by Gasteiger charge is 2.44. The molecule has 9 heteroatoms. The first-order valence-electron chi connectivity index (χ1n) is 8.14. The fourth-order valence-electron chi connectivity index (χ4n) is 2.90. The molecule has 1 atom stereocenters. The molecule has 0 aliphatic carbocycles. The van der Waals surface area contributed by atoms with Crippen LogP contribution in [0.3, 0.4) is 0 Å². The summed E-state index contributed by atoms with van der Waals surface area (Å²) < 4.78 is 24.5. The van der Waals surface area contributed by atoms with Crippen molar-refractivity contribution in [2.24, 2.45) is 5.16 Å². The summed E-state index contributed by atoms with van der Waals surface area (Å²) in [7, 11) is 1.27. The largest absolute Gasteiger partial charge is 0.466 e. The smallest absolute Gasteiger partial charge is 0.353 e. The van der Waals surface area contributed by atoms with Crippen molar-refractivity contribution >= 4 is 40.7 Å². The van der Waals surface area contributed by atoms with Crippen LogP contribution in [0, 0.1) is 5.82 Å². The lowest BCUT2D eigenvalue weighted by Crippen LogP contribution is -2.36. The first-order valence-corrected chi connectivity index (χ1v) is 8.92. The lowest BCUT2D eigenvalue weighted by atomic mass is 9.96. The van der Waals surface area contributed by atoms with Crippen LogP contribution >= 0.6 is 23.8 Å². The number of nitrogens with zero attached hydrogens (tertiary/aromatic N) is 2. The van der Waals surface area contributed by atoms with Gasteiger partial charge in [-0.05, 0) is 44.1 Å². The summed E-state index contributed by atoms with van der Waals surface area (Å²) in [5.41, 5.74) is -0.423. The van der Waals surface area contributed by atoms with E-state index in [4.69, 9.17) is 38.1 Å². The van der Waals surface area contributed by atoms with E-state index in [9.17, 15) is 9.18 Å². The van der Waals surface area contributed by atoms with E-state index in [0.29, 0.717) is 11.3 Å². The summed E-state index contributed by atoms with van der Waals surface area (Å²) in [4.78, 5) is 19.0. The van der Waals surface area contributed by atoms with Crippen LogP contribution in [-0.2, 0) is 14.4 Å². The summed E-state index contributed by atoms with van der Waals surface area (Å²) in [6.07, 6.45) is 2.19. The normalized spacial score (nSPS) is 22.0. The third-order valence-corrected chi connectivity index (χ3v) is 5.03. The summed E-state index contributed by atoms with van der Waals surface area (Å²) in [5.74, 6) is -1.23. The molecule has 6 nitrogen and oxygen atoms in total. The number of hydrogen-bond acceptors (Lipinski definition) is 6. The Balaban J connectivity index is 1.82. The van der Waals surface area contributed by atoms with Crippen molar-refractivity contribution in [3.63, 3.8) is 0 Å². The maximum absolute atomic E-state index is 14.3. The molecule has 0 bridgehead atoms. The van der Waals surface area contributed by atoms with Crippen LogP contribution in [0.2, 0.25) is 5.02 Å². The molecule has 1 fully saturated rings. The number of esters is 1. The second kappa shape index (κ2) is 7.36. The molecule has 0 spiro atoms. The van der Waals surface area contributed by atoms with E-state index < -0.39 is 17.4 Å². The van der Waals surface area contributed by atoms with Gasteiger partial charge in [0.05, 0.1) is 17.8 Å². The van der Waals surface area contributed by atoms with Crippen molar-refractivity contribution in [1.29, 1.82) is 0 Å². The maximum atomic E-state index is 14.3. The van der Waals surface area contributed by atoms with E-state index in [2.05, 4.69) is 5.16 Å². The SMILES string of the molecule is COC(=O)C1(C)CC(c2cc(OC(=S)N3CCCC3)c(F)cc2Cl)=NO1. The fourth-order valence-corrected chi connectivity index (χ4v) is 3.43. The zero-order valence-electron chi connectivity index (χ0n) is 14.4. The number of halogens is 2. The molecule has 0 aromatic heterocycles. The average Bonchev–Trinajstić information content (AvgIpc) is 3.27. The van der Waals surface area contributed by atoms with Gasteiger partial charge < -0.3 is 19.2 Å². The number of rotatable bonds is 3. The van der Waals surface area contributed by atoms with Crippen molar-refractivity contribution in [2.45, 2.75) is 31.8 Å². The van der Waals surface area contributed by atoms with Crippen molar-refractivity contribution in [3.05, 3.63) is 28.5 Å². The molecule has 1 aromatic rings. The van der Waals surface area contributed by atoms with Gasteiger partial charge in [0.1, 0.15) is 0 Å². The number of benzene rings is 1. The molecule has 3 rings (SSSR count). The molecule has 2 aliphatic rings. The second-order valence-corrected chi connectivity index (χ2v) is 7.11. The highest BCUT2D eigenvalue weighted by atomic mass is 35.5. The Morgan fingerprint density at radius 2 is 2.12 bits per heavy atom. The molecular weight excluding hydrogens is 383 g/mol. The standard InChI is InChI=1S/C17H18ClFN2O4S/c1-17(15(22)23-2)9-13(20-25-17)10-7-14(12(19)8-11(10)18)24-16(26)21-5-3-4-6-21/h7-8H,3-6,9H2,1-2H3. The van der Waals surface area contributed by atoms with Crippen molar-refractivity contribution < 1.29 is 23.5 Å². The highest BCUT2D eigenvalue weighted by molar-refractivity contribution is 7.80. The summed E-state index contributed by atoms with van der Waals surface area (Å²) in [5, 5.41) is 4.28. The van der Waals surface area contributed by atoms with Gasteiger partial charge in [-0.3, -0.25) is 0 Å². The number of likely N-dealkylation sites (tertiary alicyclic amines) is 1. The molecule has 2 heterocycles. The van der Waals surface area contributed by atoms with Crippen LogP contribution in [0.1, 0.15) is 31.7 Å². The van der Waals surface area contributed by atoms with Crippen molar-refractivity contribution in [2.75, 3.05) is 20.2 Å². The van der Waals surface area contributed by atoms with Gasteiger partial charge in [-0.2, -0.15) is 0 Å². The number of hydrogen-bond donors (Lipinski definition) is 0. The van der Waals surface area contributed by atoms with Crippen molar-refractivity contribution in [3.8, 4) is 5.75 Å². The molecule has 140 valence electrons. The number of methoxy groups -OCH3 is 1. The molecule has 1 aromatic carbocycles. The molecule has 0 radical (unpaired) electrons. The van der Waals surface area contributed by atoms with E-state index in [-0.39, 0.29) is 22.4 Å². The van der Waals surface area contributed by atoms with Gasteiger partial charge in [0.15, 0.2) is 11.6 Å². The average molecular weight is 401 g/mol. The third kappa shape index (κ3) is 3.61. The minimum atomic E-state index is -1.24. The Labute approximate surface area is 160 Å². The molecule has 26 heavy (non-hydrogen) atoms. The summed E-state index contributed by atoms with van der Waals surface area (Å²) >= 11 is 11.4. The number of oxime groups is 1. The number of thiocarbonyl (C=S) groups is 1. The van der Waals surface area contributed by atoms with Crippen LogP contribution in [0.15, 0.2) is 17.3 Å². The fraction of sp³-hybridized carbons (Fsp3) is 0.471. The third-order valence-electron chi connectivity index (χ3n) is 4.37. The molecule has 0 saturated carbocycles. The van der Waals surface area contributed by atoms with Crippen LogP contribution in [0.25, 0.3) is 0 Å². The quantitative estimate of drug-likeness (QED) is 0.573. The zero-order chi connectivity index (χ0) is 18.9. The Morgan fingerprint density at radius 1 is 1.42 bits per heavy atom. The first kappa shape index (κ1) is 18.8. The summed E-state index contributed by atoms with van der Waals surface area (Å²) in [6.45, 7) is 3.14. The van der Waals surface area contributed by atoms with E-state index in [1.807, 2.05) is 4.90 Å². The van der Waals surface area contributed by atoms with Gasteiger partial charge in [-0.25, -0.2) is 9.18 Å². The van der Waals surface area contributed by atoms with Crippen molar-refractivity contribution in [1.82, 2.24) is 4.90 Å². The van der Waals surface area contributed by atoms with Crippen LogP contribution < -0.4 is 4.74 Å². The van der Waals surface area contributed by atoms with Crippen LogP contribution in [0.5, 0.6) is 5.75 Å². The first-order chi connectivity index (χ1) is 12.3. The predicted molar refractivity (Wildman–Crippen MR) is 98.1 cm³/mol. The van der Waals surface area contributed by atoms with Gasteiger partial charge >= 0.3 is 5.97 Å². The van der Waals surface area contributed by atoms with Gasteiger partial charge in [-0.15, -0.1) is 0 Å². The van der Waals surface area contributed by atoms with E-state index in [1.165, 1.54) is 13.2 Å². The number of carbonyl (C=O) groups excluding carboxylic acids is 1. The van der Waals surface area contributed by atoms with E-state index >= 15 is 0 Å². The second-order valence-electron chi connectivity index (χ2n) is 6.35. The Kier molecular flexibility index (Phi) is 5.34. The maximum Gasteiger partial charge on any atom is 0.353 e. The minimum absolute atomic E-state index is 0.0457. The minimum Gasteiger partial charge on any atom is -0.466 e. The topological polar surface area (TPSA) is 60.4 Å². The zero-order valence-corrected chi connectivity index (χ0v) is 16.0. The molecule has 1 saturated heterocycles. The lowest BCUT2D eigenvalue weighted by molar-refractivity contribution is -0.164. The Hall–Kier alpha value is -1.93. The van der Waals surface area contributed by atoms with E-state index in [1.54, 1.807) is 6.92 Å². The Morgan fingerprint density at radius 3 is 2.77 bits per heavy atom. The molecule has 1 unspecified atom stereocenters. The van der Waals surface area contributed by atoms with Crippen LogP contribution in [-0.4, -0.2) is 47.6 Å². The Bertz CT molecular complexity index is 782. The van der Waals surface area contributed by atoms with E-state index in [0.717, 1.165) is 32.0 Å². The highest BCUT2D eigenvalue weighted by Crippen LogP contribution is 2.33. The molecular formula is C17H18ClFN2O4S.